The second-order valence-corrected chi connectivity index (χ2v) is 4.42. The molecule has 15 heteroatoms. The van der Waals surface area contributed by atoms with Crippen LogP contribution in [-0.2, 0) is 4.79 Å². The van der Waals surface area contributed by atoms with E-state index < -0.39 is 47.2 Å². The van der Waals surface area contributed by atoms with Crippen molar-refractivity contribution in [3.8, 4) is 0 Å². The minimum absolute atomic E-state index is 4.47. The number of aliphatic carboxylic acids is 1. The first-order chi connectivity index (χ1) is 9.69. The van der Waals surface area contributed by atoms with Gasteiger partial charge in [0.2, 0.25) is 0 Å². The molecule has 1 aliphatic carbocycles. The van der Waals surface area contributed by atoms with Crippen molar-refractivity contribution >= 4 is 5.97 Å². The SMILES string of the molecule is O=C(O)C1(F)C(F)(F)C(F)(F)C(F)(F)C(F)(F)C1(F)C(F)(F)F. The van der Waals surface area contributed by atoms with Gasteiger partial charge in [-0.1, -0.05) is 0 Å². The Morgan fingerprint density at radius 1 is 0.652 bits per heavy atom. The number of carbonyl (C=O) groups is 1. The predicted molar refractivity (Wildman–Crippen MR) is 41.2 cm³/mol. The molecular weight excluding hydrogens is 375 g/mol. The van der Waals surface area contributed by atoms with Gasteiger partial charge in [0.1, 0.15) is 0 Å². The summed E-state index contributed by atoms with van der Waals surface area (Å²) >= 11 is 0. The monoisotopic (exact) mass is 376 g/mol. The summed E-state index contributed by atoms with van der Waals surface area (Å²) in [6.45, 7) is 0. The molecule has 1 aliphatic rings. The van der Waals surface area contributed by atoms with Gasteiger partial charge in [0.15, 0.2) is 0 Å². The van der Waals surface area contributed by atoms with Gasteiger partial charge >= 0.3 is 47.2 Å². The molecule has 1 fully saturated rings. The molecule has 0 heterocycles. The highest BCUT2D eigenvalue weighted by molar-refractivity contribution is 5.82. The van der Waals surface area contributed by atoms with Crippen LogP contribution >= 0.6 is 0 Å². The number of halogens is 13. The Morgan fingerprint density at radius 3 is 1.22 bits per heavy atom. The maximum absolute atomic E-state index is 13.6. The van der Waals surface area contributed by atoms with Gasteiger partial charge in [0.05, 0.1) is 0 Å². The van der Waals surface area contributed by atoms with Crippen molar-refractivity contribution in [2.45, 2.75) is 41.2 Å². The molecule has 0 bridgehead atoms. The predicted octanol–water partition coefficient (Wildman–Crippen LogP) is 3.60. The molecule has 0 aromatic heterocycles. The molecule has 23 heavy (non-hydrogen) atoms. The fourth-order valence-electron chi connectivity index (χ4n) is 1.91. The lowest BCUT2D eigenvalue weighted by atomic mass is 9.65. The molecule has 0 aromatic carbocycles. The van der Waals surface area contributed by atoms with E-state index in [-0.39, 0.29) is 0 Å². The van der Waals surface area contributed by atoms with E-state index >= 15 is 0 Å². The largest absolute Gasteiger partial charge is 0.479 e. The smallest absolute Gasteiger partial charge is 0.432 e. The Labute approximate surface area is 115 Å². The van der Waals surface area contributed by atoms with Crippen LogP contribution < -0.4 is 0 Å². The molecule has 0 aromatic rings. The zero-order valence-corrected chi connectivity index (χ0v) is 9.77. The van der Waals surface area contributed by atoms with E-state index in [1.54, 1.807) is 0 Å². The van der Waals surface area contributed by atoms with Crippen LogP contribution in [0.25, 0.3) is 0 Å². The first-order valence-corrected chi connectivity index (χ1v) is 4.88. The summed E-state index contributed by atoms with van der Waals surface area (Å²) in [5.74, 6) is -35.5. The molecule has 1 saturated carbocycles. The van der Waals surface area contributed by atoms with E-state index in [2.05, 4.69) is 0 Å². The van der Waals surface area contributed by atoms with Crippen LogP contribution in [0, 0.1) is 0 Å². The third-order valence-corrected chi connectivity index (χ3v) is 3.21. The van der Waals surface area contributed by atoms with Crippen molar-refractivity contribution < 1.29 is 67.0 Å². The van der Waals surface area contributed by atoms with Crippen molar-refractivity contribution in [1.82, 2.24) is 0 Å². The van der Waals surface area contributed by atoms with Crippen molar-refractivity contribution in [1.29, 1.82) is 0 Å². The molecule has 2 atom stereocenters. The standard InChI is InChI=1S/C8HF13O2/c9-2(1(22)23)3(10,8(19,20)21)5(13,14)7(17,18)6(15,16)4(2,11)12/h(H,22,23). The second-order valence-electron chi connectivity index (χ2n) is 4.42. The molecular formula is C8HF13O2. The van der Waals surface area contributed by atoms with Crippen molar-refractivity contribution in [3.05, 3.63) is 0 Å². The minimum Gasteiger partial charge on any atom is -0.479 e. The Morgan fingerprint density at radius 2 is 0.957 bits per heavy atom. The summed E-state index contributed by atoms with van der Waals surface area (Å²) in [7, 11) is 0. The van der Waals surface area contributed by atoms with E-state index in [0.29, 0.717) is 0 Å². The lowest BCUT2D eigenvalue weighted by Crippen LogP contribution is -2.89. The lowest BCUT2D eigenvalue weighted by molar-refractivity contribution is -0.489. The summed E-state index contributed by atoms with van der Waals surface area (Å²) in [6, 6.07) is 0. The third kappa shape index (κ3) is 1.55. The number of rotatable bonds is 1. The van der Waals surface area contributed by atoms with Gasteiger partial charge < -0.3 is 5.11 Å². The number of carboxylic acid groups (broad SMARTS) is 1. The van der Waals surface area contributed by atoms with Crippen LogP contribution in [0.4, 0.5) is 57.1 Å². The molecule has 0 amide bonds. The van der Waals surface area contributed by atoms with Gasteiger partial charge in [-0.05, 0) is 0 Å². The summed E-state index contributed by atoms with van der Waals surface area (Å²) in [4.78, 5) is 10.2. The first kappa shape index (κ1) is 19.6. The Bertz CT molecular complexity index is 537. The zero-order valence-electron chi connectivity index (χ0n) is 9.77. The van der Waals surface area contributed by atoms with Crippen LogP contribution in [-0.4, -0.2) is 52.3 Å². The van der Waals surface area contributed by atoms with Gasteiger partial charge in [-0.3, -0.25) is 0 Å². The summed E-state index contributed by atoms with van der Waals surface area (Å²) < 4.78 is 168. The highest BCUT2D eigenvalue weighted by Crippen LogP contribution is 2.72. The molecule has 0 radical (unpaired) electrons. The minimum atomic E-state index is -7.89. The highest BCUT2D eigenvalue weighted by Gasteiger charge is 3.06. The van der Waals surface area contributed by atoms with E-state index in [9.17, 15) is 61.9 Å². The van der Waals surface area contributed by atoms with Crippen LogP contribution in [0.3, 0.4) is 0 Å². The summed E-state index contributed by atoms with van der Waals surface area (Å²) in [5, 5.41) is 7.96. The normalized spacial score (nSPS) is 38.1. The summed E-state index contributed by atoms with van der Waals surface area (Å²) in [5.41, 5.74) is -15.3. The quantitative estimate of drug-likeness (QED) is 0.711. The van der Waals surface area contributed by atoms with Gasteiger partial charge in [-0.2, -0.15) is 48.3 Å². The van der Waals surface area contributed by atoms with Gasteiger partial charge in [0, 0.05) is 0 Å². The van der Waals surface area contributed by atoms with Crippen molar-refractivity contribution in [2.24, 2.45) is 0 Å². The Hall–Kier alpha value is -1.44. The van der Waals surface area contributed by atoms with Gasteiger partial charge in [-0.25, -0.2) is 13.6 Å². The average Bonchev–Trinajstić information content (AvgIpc) is 2.32. The molecule has 1 rings (SSSR count). The number of carboxylic acids is 1. The maximum atomic E-state index is 13.6. The average molecular weight is 376 g/mol. The second kappa shape index (κ2) is 4.15. The molecule has 2 nitrogen and oxygen atoms in total. The third-order valence-electron chi connectivity index (χ3n) is 3.21. The Kier molecular flexibility index (Phi) is 3.53. The molecule has 0 spiro atoms. The highest BCUT2D eigenvalue weighted by atomic mass is 19.4. The number of hydrogen-bond donors (Lipinski definition) is 1. The maximum Gasteiger partial charge on any atom is 0.432 e. The van der Waals surface area contributed by atoms with E-state index in [1.165, 1.54) is 0 Å². The summed E-state index contributed by atoms with van der Waals surface area (Å²) in [6.07, 6.45) is -7.73. The van der Waals surface area contributed by atoms with Crippen molar-refractivity contribution in [3.63, 3.8) is 0 Å². The number of hydrogen-bond acceptors (Lipinski definition) is 1. The fraction of sp³-hybridized carbons (Fsp3) is 0.875. The molecule has 2 unspecified atom stereocenters. The number of alkyl halides is 13. The van der Waals surface area contributed by atoms with Crippen LogP contribution in [0.5, 0.6) is 0 Å². The fourth-order valence-corrected chi connectivity index (χ4v) is 1.91. The first-order valence-electron chi connectivity index (χ1n) is 4.88. The molecule has 136 valence electrons. The van der Waals surface area contributed by atoms with E-state index in [1.807, 2.05) is 0 Å². The van der Waals surface area contributed by atoms with E-state index in [4.69, 9.17) is 5.11 Å². The van der Waals surface area contributed by atoms with E-state index in [0.717, 1.165) is 0 Å². The topological polar surface area (TPSA) is 37.3 Å². The van der Waals surface area contributed by atoms with Crippen LogP contribution in [0.1, 0.15) is 0 Å². The molecule has 0 saturated heterocycles. The molecule has 1 N–H and O–H groups in total. The van der Waals surface area contributed by atoms with Gasteiger partial charge in [0.25, 0.3) is 0 Å². The zero-order chi connectivity index (χ0) is 19.1. The van der Waals surface area contributed by atoms with Crippen LogP contribution in [0.2, 0.25) is 0 Å². The molecule has 0 aliphatic heterocycles. The van der Waals surface area contributed by atoms with Crippen molar-refractivity contribution in [2.75, 3.05) is 0 Å². The lowest BCUT2D eigenvalue weighted by Gasteiger charge is -2.53. The van der Waals surface area contributed by atoms with Gasteiger partial charge in [-0.15, -0.1) is 0 Å². The van der Waals surface area contributed by atoms with Crippen LogP contribution in [0.15, 0.2) is 0 Å². The Balaban J connectivity index is 4.12.